The number of ether oxygens (including phenoxy) is 3. The van der Waals surface area contributed by atoms with E-state index in [4.69, 9.17) is 14.2 Å². The molecule has 2 aromatic carbocycles. The summed E-state index contributed by atoms with van der Waals surface area (Å²) in [6, 6.07) is 11.7. The van der Waals surface area contributed by atoms with Gasteiger partial charge in [-0.3, -0.25) is 4.79 Å². The van der Waals surface area contributed by atoms with Crippen molar-refractivity contribution in [2.45, 2.75) is 64.7 Å². The molecule has 0 aliphatic carbocycles. The number of carbonyl (C=O) groups is 1. The van der Waals surface area contributed by atoms with E-state index in [1.54, 1.807) is 21.3 Å². The molecule has 5 heteroatoms. The number of benzene rings is 2. The number of likely N-dealkylation sites (tertiary alicyclic amines) is 1. The molecule has 1 saturated heterocycles. The van der Waals surface area contributed by atoms with Crippen molar-refractivity contribution in [2.75, 3.05) is 34.4 Å². The first-order chi connectivity index (χ1) is 16.6. The van der Waals surface area contributed by atoms with Crippen LogP contribution in [0.25, 0.3) is 11.1 Å². The largest absolute Gasteiger partial charge is 0.493 e. The molecule has 1 atom stereocenters. The van der Waals surface area contributed by atoms with Crippen LogP contribution in [-0.4, -0.2) is 45.2 Å². The Balaban J connectivity index is 1.62. The Kier molecular flexibility index (Phi) is 10.1. The van der Waals surface area contributed by atoms with Crippen molar-refractivity contribution < 1.29 is 19.0 Å². The summed E-state index contributed by atoms with van der Waals surface area (Å²) in [5.41, 5.74) is 2.69. The first-order valence-electron chi connectivity index (χ1n) is 12.8. The lowest BCUT2D eigenvalue weighted by Gasteiger charge is -2.21. The minimum Gasteiger partial charge on any atom is -0.493 e. The second kappa shape index (κ2) is 13.3. The van der Waals surface area contributed by atoms with Crippen LogP contribution in [-0.2, 0) is 0 Å². The van der Waals surface area contributed by atoms with Crippen molar-refractivity contribution in [3.63, 3.8) is 0 Å². The summed E-state index contributed by atoms with van der Waals surface area (Å²) in [7, 11) is 4.82. The summed E-state index contributed by atoms with van der Waals surface area (Å²) in [5.74, 6) is 2.70. The molecule has 1 heterocycles. The van der Waals surface area contributed by atoms with Crippen LogP contribution in [0.4, 0.5) is 0 Å². The second-order valence-electron chi connectivity index (χ2n) is 9.28. The maximum atomic E-state index is 13.2. The van der Waals surface area contributed by atoms with Crippen molar-refractivity contribution in [1.29, 1.82) is 0 Å². The van der Waals surface area contributed by atoms with E-state index in [-0.39, 0.29) is 5.91 Å². The molecular weight excluding hydrogens is 426 g/mol. The van der Waals surface area contributed by atoms with Crippen LogP contribution in [0.15, 0.2) is 36.4 Å². The predicted molar refractivity (Wildman–Crippen MR) is 138 cm³/mol. The highest BCUT2D eigenvalue weighted by Gasteiger charge is 2.22. The first kappa shape index (κ1) is 25.9. The number of rotatable bonds is 11. The zero-order valence-electron chi connectivity index (χ0n) is 21.4. The van der Waals surface area contributed by atoms with Gasteiger partial charge >= 0.3 is 0 Å². The van der Waals surface area contributed by atoms with Gasteiger partial charge in [0, 0.05) is 18.7 Å². The third-order valence-corrected chi connectivity index (χ3v) is 6.98. The Hall–Kier alpha value is -2.69. The van der Waals surface area contributed by atoms with Crippen molar-refractivity contribution in [3.05, 3.63) is 42.0 Å². The van der Waals surface area contributed by atoms with E-state index < -0.39 is 0 Å². The molecule has 0 radical (unpaired) electrons. The zero-order valence-corrected chi connectivity index (χ0v) is 21.4. The molecule has 186 valence electrons. The van der Waals surface area contributed by atoms with Gasteiger partial charge in [-0.2, -0.15) is 0 Å². The van der Waals surface area contributed by atoms with E-state index in [1.807, 2.05) is 41.3 Å². The van der Waals surface area contributed by atoms with Crippen LogP contribution < -0.4 is 14.2 Å². The van der Waals surface area contributed by atoms with Gasteiger partial charge in [0.25, 0.3) is 5.91 Å². The molecule has 0 saturated carbocycles. The standard InChI is InChI=1S/C29H41NO4/c1-5-6-7-8-9-11-22-12-10-18-30(19-17-22)29(31)24-15-13-23(14-16-24)25-20-26(32-2)28(34-4)27(21-25)33-3/h13-16,20-22H,5-12,17-19H2,1-4H3. The highest BCUT2D eigenvalue weighted by atomic mass is 16.5. The SMILES string of the molecule is CCCCCCCC1CCCN(C(=O)c2ccc(-c3cc(OC)c(OC)c(OC)c3)cc2)CC1. The highest BCUT2D eigenvalue weighted by Crippen LogP contribution is 2.41. The van der Waals surface area contributed by atoms with Crippen LogP contribution in [0.3, 0.4) is 0 Å². The van der Waals surface area contributed by atoms with Gasteiger partial charge in [-0.25, -0.2) is 0 Å². The maximum absolute atomic E-state index is 13.2. The second-order valence-corrected chi connectivity index (χ2v) is 9.28. The molecule has 1 fully saturated rings. The highest BCUT2D eigenvalue weighted by molar-refractivity contribution is 5.94. The van der Waals surface area contributed by atoms with Crippen LogP contribution in [0.1, 0.15) is 75.1 Å². The normalized spacial score (nSPS) is 16.1. The van der Waals surface area contributed by atoms with Crippen LogP contribution in [0, 0.1) is 5.92 Å². The number of methoxy groups -OCH3 is 3. The Labute approximate surface area is 205 Å². The molecular formula is C29H41NO4. The van der Waals surface area contributed by atoms with Crippen LogP contribution in [0.5, 0.6) is 17.2 Å². The molecule has 2 aromatic rings. The van der Waals surface area contributed by atoms with E-state index in [2.05, 4.69) is 6.92 Å². The molecule has 0 spiro atoms. The van der Waals surface area contributed by atoms with Crippen LogP contribution in [0.2, 0.25) is 0 Å². The number of amides is 1. The fraction of sp³-hybridized carbons (Fsp3) is 0.552. The Morgan fingerprint density at radius 2 is 1.53 bits per heavy atom. The fourth-order valence-electron chi connectivity index (χ4n) is 4.93. The van der Waals surface area contributed by atoms with E-state index in [1.165, 1.54) is 44.9 Å². The molecule has 5 nitrogen and oxygen atoms in total. The predicted octanol–water partition coefficient (Wildman–Crippen LogP) is 6.98. The van der Waals surface area contributed by atoms with E-state index >= 15 is 0 Å². The monoisotopic (exact) mass is 467 g/mol. The summed E-state index contributed by atoms with van der Waals surface area (Å²) in [4.78, 5) is 15.2. The Morgan fingerprint density at radius 3 is 2.15 bits per heavy atom. The summed E-state index contributed by atoms with van der Waals surface area (Å²) in [6.45, 7) is 3.99. The lowest BCUT2D eigenvalue weighted by molar-refractivity contribution is 0.0760. The maximum Gasteiger partial charge on any atom is 0.253 e. The average molecular weight is 468 g/mol. The molecule has 1 aliphatic rings. The number of carbonyl (C=O) groups excluding carboxylic acids is 1. The van der Waals surface area contributed by atoms with Crippen molar-refractivity contribution in [1.82, 2.24) is 4.90 Å². The fourth-order valence-corrected chi connectivity index (χ4v) is 4.93. The lowest BCUT2D eigenvalue weighted by Crippen LogP contribution is -2.32. The molecule has 1 unspecified atom stereocenters. The summed E-state index contributed by atoms with van der Waals surface area (Å²) < 4.78 is 16.4. The summed E-state index contributed by atoms with van der Waals surface area (Å²) >= 11 is 0. The van der Waals surface area contributed by atoms with Gasteiger partial charge in [0.05, 0.1) is 21.3 Å². The number of nitrogens with zero attached hydrogens (tertiary/aromatic N) is 1. The molecule has 0 aromatic heterocycles. The smallest absolute Gasteiger partial charge is 0.253 e. The zero-order chi connectivity index (χ0) is 24.3. The van der Waals surface area contributed by atoms with Gasteiger partial charge in [-0.05, 0) is 60.6 Å². The summed E-state index contributed by atoms with van der Waals surface area (Å²) in [5, 5.41) is 0. The van der Waals surface area contributed by atoms with Gasteiger partial charge in [0.2, 0.25) is 5.75 Å². The van der Waals surface area contributed by atoms with Gasteiger partial charge in [-0.15, -0.1) is 0 Å². The molecule has 1 amide bonds. The Morgan fingerprint density at radius 1 is 0.853 bits per heavy atom. The molecule has 3 rings (SSSR count). The average Bonchev–Trinajstić information content (AvgIpc) is 3.13. The topological polar surface area (TPSA) is 48.0 Å². The lowest BCUT2D eigenvalue weighted by atomic mass is 9.94. The number of hydrogen-bond acceptors (Lipinski definition) is 4. The van der Waals surface area contributed by atoms with Gasteiger partial charge in [-0.1, -0.05) is 57.6 Å². The Bertz CT molecular complexity index is 884. The minimum atomic E-state index is 0.139. The van der Waals surface area contributed by atoms with Crippen molar-refractivity contribution in [3.8, 4) is 28.4 Å². The van der Waals surface area contributed by atoms with Crippen LogP contribution >= 0.6 is 0 Å². The molecule has 0 bridgehead atoms. The van der Waals surface area contributed by atoms with Gasteiger partial charge < -0.3 is 19.1 Å². The van der Waals surface area contributed by atoms with E-state index in [0.29, 0.717) is 17.2 Å². The third-order valence-electron chi connectivity index (χ3n) is 6.98. The van der Waals surface area contributed by atoms with E-state index in [9.17, 15) is 4.79 Å². The first-order valence-corrected chi connectivity index (χ1v) is 12.8. The number of hydrogen-bond donors (Lipinski definition) is 0. The molecule has 0 N–H and O–H groups in total. The molecule has 1 aliphatic heterocycles. The summed E-state index contributed by atoms with van der Waals surface area (Å²) in [6.07, 6.45) is 11.5. The third kappa shape index (κ3) is 6.68. The van der Waals surface area contributed by atoms with Gasteiger partial charge in [0.1, 0.15) is 0 Å². The van der Waals surface area contributed by atoms with Crippen molar-refractivity contribution >= 4 is 5.91 Å². The van der Waals surface area contributed by atoms with Crippen molar-refractivity contribution in [2.24, 2.45) is 5.92 Å². The molecule has 34 heavy (non-hydrogen) atoms. The van der Waals surface area contributed by atoms with Gasteiger partial charge in [0.15, 0.2) is 11.5 Å². The minimum absolute atomic E-state index is 0.139. The van der Waals surface area contributed by atoms with E-state index in [0.717, 1.165) is 48.5 Å². The quantitative estimate of drug-likeness (QED) is 0.334. The number of unbranched alkanes of at least 4 members (excludes halogenated alkanes) is 4.